The van der Waals surface area contributed by atoms with Crippen LogP contribution in [0, 0.1) is 10.5 Å². The van der Waals surface area contributed by atoms with E-state index in [2.05, 4.69) is 41.6 Å². The van der Waals surface area contributed by atoms with Gasteiger partial charge in [0, 0.05) is 16.6 Å². The maximum absolute atomic E-state index is 5.67. The fraction of sp³-hybridized carbons (Fsp3) is 0.455. The van der Waals surface area contributed by atoms with E-state index in [1.165, 1.54) is 9.13 Å². The highest BCUT2D eigenvalue weighted by Crippen LogP contribution is 2.21. The Kier molecular flexibility index (Phi) is 3.28. The zero-order valence-electron chi connectivity index (χ0n) is 8.13. The third-order valence-electron chi connectivity index (χ3n) is 2.36. The number of hydrogen-bond donors (Lipinski definition) is 0. The second kappa shape index (κ2) is 4.49. The third kappa shape index (κ3) is 2.39. The van der Waals surface area contributed by atoms with Gasteiger partial charge in [0.2, 0.25) is 0 Å². The maximum Gasteiger partial charge on any atom is 0.122 e. The van der Waals surface area contributed by atoms with Crippen molar-refractivity contribution >= 4 is 22.6 Å². The first-order chi connectivity index (χ1) is 6.75. The molecule has 1 aromatic rings. The molecule has 0 aromatic heterocycles. The quantitative estimate of drug-likeness (QED) is 0.800. The summed E-state index contributed by atoms with van der Waals surface area (Å²) in [6.45, 7) is 3.64. The van der Waals surface area contributed by atoms with Crippen molar-refractivity contribution in [3.63, 3.8) is 0 Å². The minimum Gasteiger partial charge on any atom is -0.491 e. The first kappa shape index (κ1) is 10.2. The Hall–Kier alpha value is -0.290. The lowest BCUT2D eigenvalue weighted by Gasteiger charge is -2.26. The lowest BCUT2D eigenvalue weighted by atomic mass is 10.2. The van der Waals surface area contributed by atoms with Crippen LogP contribution in [0.2, 0.25) is 0 Å². The van der Waals surface area contributed by atoms with E-state index >= 15 is 0 Å². The fourth-order valence-corrected chi connectivity index (χ4v) is 2.02. The summed E-state index contributed by atoms with van der Waals surface area (Å²) in [4.78, 5) is 0. The molecule has 3 heteroatoms. The van der Waals surface area contributed by atoms with Gasteiger partial charge in [-0.2, -0.15) is 0 Å². The normalized spacial score (nSPS) is 20.3. The summed E-state index contributed by atoms with van der Waals surface area (Å²) in [7, 11) is 0. The van der Waals surface area contributed by atoms with Crippen LogP contribution in [0.3, 0.4) is 0 Å². The van der Waals surface area contributed by atoms with Gasteiger partial charge in [-0.3, -0.25) is 0 Å². The van der Waals surface area contributed by atoms with Crippen molar-refractivity contribution in [1.29, 1.82) is 0 Å². The number of ether oxygens (including phenoxy) is 2. The van der Waals surface area contributed by atoms with Crippen LogP contribution in [0.25, 0.3) is 0 Å². The molecular formula is C11H13IO2. The number of halogens is 1. The van der Waals surface area contributed by atoms with Gasteiger partial charge in [0.15, 0.2) is 0 Å². The van der Waals surface area contributed by atoms with Crippen LogP contribution in [0.4, 0.5) is 0 Å². The van der Waals surface area contributed by atoms with E-state index in [1.807, 2.05) is 6.07 Å². The lowest BCUT2D eigenvalue weighted by Crippen LogP contribution is -2.32. The molecule has 0 amide bonds. The highest BCUT2D eigenvalue weighted by Gasteiger charge is 2.18. The average Bonchev–Trinajstić information content (AvgIpc) is 2.05. The van der Waals surface area contributed by atoms with Crippen molar-refractivity contribution in [2.24, 2.45) is 0 Å². The van der Waals surface area contributed by atoms with Crippen molar-refractivity contribution < 1.29 is 9.47 Å². The monoisotopic (exact) mass is 304 g/mol. The summed E-state index contributed by atoms with van der Waals surface area (Å²) in [5.41, 5.74) is 1.19. The minimum atomic E-state index is 0.314. The van der Waals surface area contributed by atoms with E-state index in [-0.39, 0.29) is 0 Å². The molecule has 2 rings (SSSR count). The van der Waals surface area contributed by atoms with Crippen LogP contribution >= 0.6 is 22.6 Å². The molecule has 0 N–H and O–H groups in total. The van der Waals surface area contributed by atoms with E-state index in [1.54, 1.807) is 0 Å². The second-order valence-corrected chi connectivity index (χ2v) is 4.75. The van der Waals surface area contributed by atoms with Gasteiger partial charge in [-0.1, -0.05) is 0 Å². The van der Waals surface area contributed by atoms with Crippen LogP contribution in [0.1, 0.15) is 12.0 Å². The Morgan fingerprint density at radius 1 is 1.57 bits per heavy atom. The molecule has 0 bridgehead atoms. The molecule has 76 valence electrons. The molecule has 0 aliphatic carbocycles. The zero-order chi connectivity index (χ0) is 9.97. The standard InChI is InChI=1S/C11H13IO2/c1-8-6-9(12)2-3-11(8)14-7-10-4-5-13-10/h2-3,6,10H,4-5,7H2,1H3. The first-order valence-corrected chi connectivity index (χ1v) is 5.84. The van der Waals surface area contributed by atoms with E-state index < -0.39 is 0 Å². The number of aryl methyl sites for hydroxylation is 1. The van der Waals surface area contributed by atoms with Crippen molar-refractivity contribution in [3.8, 4) is 5.75 Å². The highest BCUT2D eigenvalue weighted by molar-refractivity contribution is 14.1. The van der Waals surface area contributed by atoms with Crippen LogP contribution in [-0.4, -0.2) is 19.3 Å². The smallest absolute Gasteiger partial charge is 0.122 e. The van der Waals surface area contributed by atoms with Crippen LogP contribution < -0.4 is 4.74 Å². The molecule has 1 atom stereocenters. The minimum absolute atomic E-state index is 0.314. The number of hydrogen-bond acceptors (Lipinski definition) is 2. The molecule has 1 aromatic carbocycles. The van der Waals surface area contributed by atoms with Gasteiger partial charge in [0.1, 0.15) is 12.4 Å². The topological polar surface area (TPSA) is 18.5 Å². The average molecular weight is 304 g/mol. The summed E-state index contributed by atoms with van der Waals surface area (Å²) >= 11 is 2.30. The summed E-state index contributed by atoms with van der Waals surface area (Å²) in [6.07, 6.45) is 1.44. The molecule has 1 aliphatic rings. The molecular weight excluding hydrogens is 291 g/mol. The molecule has 0 radical (unpaired) electrons. The molecule has 14 heavy (non-hydrogen) atoms. The number of benzene rings is 1. The molecule has 1 fully saturated rings. The molecule has 1 unspecified atom stereocenters. The highest BCUT2D eigenvalue weighted by atomic mass is 127. The van der Waals surface area contributed by atoms with E-state index in [4.69, 9.17) is 9.47 Å². The molecule has 2 nitrogen and oxygen atoms in total. The number of rotatable bonds is 3. The Bertz CT molecular complexity index is 321. The van der Waals surface area contributed by atoms with Crippen LogP contribution in [0.5, 0.6) is 5.75 Å². The zero-order valence-corrected chi connectivity index (χ0v) is 10.3. The predicted molar refractivity (Wildman–Crippen MR) is 63.7 cm³/mol. The lowest BCUT2D eigenvalue weighted by molar-refractivity contribution is -0.0721. The Labute approximate surface area is 97.7 Å². The summed E-state index contributed by atoms with van der Waals surface area (Å²) in [5.74, 6) is 0.973. The second-order valence-electron chi connectivity index (χ2n) is 3.50. The largest absolute Gasteiger partial charge is 0.491 e. The van der Waals surface area contributed by atoms with Crippen molar-refractivity contribution in [3.05, 3.63) is 27.3 Å². The molecule has 0 spiro atoms. The van der Waals surface area contributed by atoms with Gasteiger partial charge in [-0.05, 0) is 53.3 Å². The summed E-state index contributed by atoms with van der Waals surface area (Å²) in [6, 6.07) is 6.21. The Morgan fingerprint density at radius 2 is 2.36 bits per heavy atom. The van der Waals surface area contributed by atoms with E-state index in [9.17, 15) is 0 Å². The molecule has 1 aliphatic heterocycles. The van der Waals surface area contributed by atoms with Crippen molar-refractivity contribution in [1.82, 2.24) is 0 Å². The van der Waals surface area contributed by atoms with Crippen LogP contribution in [0.15, 0.2) is 18.2 Å². The first-order valence-electron chi connectivity index (χ1n) is 4.76. The predicted octanol–water partition coefficient (Wildman–Crippen LogP) is 2.77. The molecule has 0 saturated carbocycles. The van der Waals surface area contributed by atoms with Gasteiger partial charge in [-0.25, -0.2) is 0 Å². The Balaban J connectivity index is 1.94. The van der Waals surface area contributed by atoms with E-state index in [0.29, 0.717) is 12.7 Å². The van der Waals surface area contributed by atoms with Gasteiger partial charge in [0.05, 0.1) is 6.10 Å². The molecule has 1 saturated heterocycles. The van der Waals surface area contributed by atoms with Gasteiger partial charge in [0.25, 0.3) is 0 Å². The molecule has 1 heterocycles. The SMILES string of the molecule is Cc1cc(I)ccc1OCC1CCO1. The third-order valence-corrected chi connectivity index (χ3v) is 3.03. The van der Waals surface area contributed by atoms with Gasteiger partial charge >= 0.3 is 0 Å². The van der Waals surface area contributed by atoms with Crippen LogP contribution in [-0.2, 0) is 4.74 Å². The van der Waals surface area contributed by atoms with Gasteiger partial charge in [-0.15, -0.1) is 0 Å². The Morgan fingerprint density at radius 3 is 2.93 bits per heavy atom. The summed E-state index contributed by atoms with van der Waals surface area (Å²) in [5, 5.41) is 0. The maximum atomic E-state index is 5.67. The fourth-order valence-electron chi connectivity index (χ4n) is 1.37. The van der Waals surface area contributed by atoms with Gasteiger partial charge < -0.3 is 9.47 Å². The van der Waals surface area contributed by atoms with Crippen molar-refractivity contribution in [2.45, 2.75) is 19.4 Å². The van der Waals surface area contributed by atoms with Crippen molar-refractivity contribution in [2.75, 3.05) is 13.2 Å². The summed E-state index contributed by atoms with van der Waals surface area (Å²) < 4.78 is 12.2. The van der Waals surface area contributed by atoms with E-state index in [0.717, 1.165) is 18.8 Å².